The van der Waals surface area contributed by atoms with Gasteiger partial charge in [0, 0.05) is 45.0 Å². The van der Waals surface area contributed by atoms with Crippen LogP contribution in [0.3, 0.4) is 0 Å². The maximum atomic E-state index is 12.6. The van der Waals surface area contributed by atoms with Crippen LogP contribution in [0.5, 0.6) is 0 Å². The van der Waals surface area contributed by atoms with Crippen LogP contribution in [0.15, 0.2) is 18.3 Å². The van der Waals surface area contributed by atoms with E-state index >= 15 is 0 Å². The highest BCUT2D eigenvalue weighted by Gasteiger charge is 2.24. The summed E-state index contributed by atoms with van der Waals surface area (Å²) in [5.74, 6) is -0.713. The van der Waals surface area contributed by atoms with Gasteiger partial charge in [-0.2, -0.15) is 0 Å². The minimum absolute atomic E-state index is 0.0617. The normalized spacial score (nSPS) is 16.4. The summed E-state index contributed by atoms with van der Waals surface area (Å²) in [4.78, 5) is 27.1. The van der Waals surface area contributed by atoms with E-state index in [2.05, 4.69) is 18.7 Å². The molecule has 116 valence electrons. The lowest BCUT2D eigenvalue weighted by Crippen LogP contribution is -2.49. The summed E-state index contributed by atoms with van der Waals surface area (Å²) in [5.41, 5.74) is 0.726. The van der Waals surface area contributed by atoms with Gasteiger partial charge in [-0.25, -0.2) is 0 Å². The van der Waals surface area contributed by atoms with E-state index in [0.717, 1.165) is 18.8 Å². The molecular formula is C15H23N3O3. The summed E-state index contributed by atoms with van der Waals surface area (Å²) in [6, 6.07) is 4.02. The summed E-state index contributed by atoms with van der Waals surface area (Å²) >= 11 is 0. The molecule has 6 nitrogen and oxygen atoms in total. The highest BCUT2D eigenvalue weighted by molar-refractivity contribution is 5.93. The number of aromatic nitrogens is 1. The topological polar surface area (TPSA) is 65.8 Å². The van der Waals surface area contributed by atoms with Crippen molar-refractivity contribution in [3.05, 3.63) is 24.0 Å². The summed E-state index contributed by atoms with van der Waals surface area (Å²) in [6.45, 7) is 7.45. The van der Waals surface area contributed by atoms with Crippen LogP contribution < -0.4 is 0 Å². The molecule has 1 N–H and O–H groups in total. The smallest absolute Gasteiger partial charge is 0.304 e. The number of carbonyl (C=O) groups is 2. The second-order valence-electron chi connectivity index (χ2n) is 5.67. The van der Waals surface area contributed by atoms with Gasteiger partial charge in [0.15, 0.2) is 0 Å². The Hall–Kier alpha value is -1.82. The molecule has 0 aliphatic carbocycles. The largest absolute Gasteiger partial charge is 0.481 e. The second-order valence-corrected chi connectivity index (χ2v) is 5.67. The van der Waals surface area contributed by atoms with Crippen LogP contribution in [0.25, 0.3) is 0 Å². The van der Waals surface area contributed by atoms with Crippen LogP contribution in [0.1, 0.15) is 36.8 Å². The van der Waals surface area contributed by atoms with Crippen molar-refractivity contribution in [2.24, 2.45) is 0 Å². The SMILES string of the molecule is CC(C)n1cccc1C(=O)N1CCN(CCC(=O)O)CC1. The Morgan fingerprint density at radius 1 is 1.24 bits per heavy atom. The van der Waals surface area contributed by atoms with Crippen molar-refractivity contribution < 1.29 is 14.7 Å². The van der Waals surface area contributed by atoms with Gasteiger partial charge < -0.3 is 14.6 Å². The Balaban J connectivity index is 1.91. The van der Waals surface area contributed by atoms with Crippen molar-refractivity contribution in [1.29, 1.82) is 0 Å². The first-order chi connectivity index (χ1) is 9.99. The van der Waals surface area contributed by atoms with Gasteiger partial charge in [0.2, 0.25) is 0 Å². The fourth-order valence-corrected chi connectivity index (χ4v) is 2.62. The first-order valence-electron chi connectivity index (χ1n) is 7.39. The number of carboxylic acids is 1. The molecule has 0 saturated carbocycles. The second kappa shape index (κ2) is 6.76. The molecule has 1 amide bonds. The molecule has 1 fully saturated rings. The third kappa shape index (κ3) is 3.85. The van der Waals surface area contributed by atoms with Crippen molar-refractivity contribution in [2.45, 2.75) is 26.3 Å². The molecule has 2 heterocycles. The van der Waals surface area contributed by atoms with E-state index in [1.165, 1.54) is 0 Å². The predicted molar refractivity (Wildman–Crippen MR) is 79.4 cm³/mol. The molecule has 1 saturated heterocycles. The van der Waals surface area contributed by atoms with Crippen LogP contribution in [-0.2, 0) is 4.79 Å². The molecule has 1 aliphatic heterocycles. The van der Waals surface area contributed by atoms with Crippen LogP contribution in [0, 0.1) is 0 Å². The third-order valence-corrected chi connectivity index (χ3v) is 3.86. The number of rotatable bonds is 5. The van der Waals surface area contributed by atoms with E-state index in [9.17, 15) is 9.59 Å². The highest BCUT2D eigenvalue weighted by Crippen LogP contribution is 2.14. The molecule has 1 aromatic rings. The zero-order valence-corrected chi connectivity index (χ0v) is 12.7. The first kappa shape index (κ1) is 15.6. The predicted octanol–water partition coefficient (Wildman–Crippen LogP) is 1.30. The maximum Gasteiger partial charge on any atom is 0.304 e. The summed E-state index contributed by atoms with van der Waals surface area (Å²) in [6.07, 6.45) is 2.09. The van der Waals surface area contributed by atoms with Gasteiger partial charge in [0.05, 0.1) is 6.42 Å². The van der Waals surface area contributed by atoms with Gasteiger partial charge in [-0.15, -0.1) is 0 Å². The summed E-state index contributed by atoms with van der Waals surface area (Å²) in [7, 11) is 0. The quantitative estimate of drug-likeness (QED) is 0.888. The van der Waals surface area contributed by atoms with Gasteiger partial charge in [-0.3, -0.25) is 14.5 Å². The van der Waals surface area contributed by atoms with Crippen molar-refractivity contribution in [1.82, 2.24) is 14.4 Å². The number of amides is 1. The van der Waals surface area contributed by atoms with Crippen LogP contribution in [0.2, 0.25) is 0 Å². The molecule has 21 heavy (non-hydrogen) atoms. The van der Waals surface area contributed by atoms with Crippen LogP contribution in [-0.4, -0.2) is 64.1 Å². The number of hydrogen-bond acceptors (Lipinski definition) is 3. The van der Waals surface area contributed by atoms with Crippen molar-refractivity contribution >= 4 is 11.9 Å². The summed E-state index contributed by atoms with van der Waals surface area (Å²) < 4.78 is 1.99. The standard InChI is InChI=1S/C15H23N3O3/c1-12(2)18-6-3-4-13(18)15(21)17-10-8-16(9-11-17)7-5-14(19)20/h3-4,6,12H,5,7-11H2,1-2H3,(H,19,20). The molecular weight excluding hydrogens is 270 g/mol. The lowest BCUT2D eigenvalue weighted by atomic mass is 10.2. The van der Waals surface area contributed by atoms with Crippen molar-refractivity contribution in [2.75, 3.05) is 32.7 Å². The third-order valence-electron chi connectivity index (χ3n) is 3.86. The molecule has 1 aromatic heterocycles. The van der Waals surface area contributed by atoms with Gasteiger partial charge >= 0.3 is 5.97 Å². The van der Waals surface area contributed by atoms with E-state index in [1.54, 1.807) is 0 Å². The number of piperazine rings is 1. The minimum atomic E-state index is -0.775. The Labute approximate surface area is 124 Å². The monoisotopic (exact) mass is 293 g/mol. The average Bonchev–Trinajstić information content (AvgIpc) is 2.94. The van der Waals surface area contributed by atoms with Gasteiger partial charge in [-0.05, 0) is 26.0 Å². The number of aliphatic carboxylic acids is 1. The minimum Gasteiger partial charge on any atom is -0.481 e. The Morgan fingerprint density at radius 3 is 2.48 bits per heavy atom. The van der Waals surface area contributed by atoms with Crippen LogP contribution in [0.4, 0.5) is 0 Å². The Morgan fingerprint density at radius 2 is 1.90 bits per heavy atom. The lowest BCUT2D eigenvalue weighted by Gasteiger charge is -2.34. The zero-order valence-electron chi connectivity index (χ0n) is 12.7. The van der Waals surface area contributed by atoms with E-state index in [1.807, 2.05) is 27.8 Å². The zero-order chi connectivity index (χ0) is 15.4. The fourth-order valence-electron chi connectivity index (χ4n) is 2.62. The van der Waals surface area contributed by atoms with E-state index in [4.69, 9.17) is 5.11 Å². The molecule has 0 spiro atoms. The molecule has 6 heteroatoms. The molecule has 1 aliphatic rings. The van der Waals surface area contributed by atoms with Gasteiger partial charge in [0.1, 0.15) is 5.69 Å². The van der Waals surface area contributed by atoms with E-state index < -0.39 is 5.97 Å². The molecule has 2 rings (SSSR count). The number of hydrogen-bond donors (Lipinski definition) is 1. The number of carbonyl (C=O) groups excluding carboxylic acids is 1. The van der Waals surface area contributed by atoms with Gasteiger partial charge in [0.25, 0.3) is 5.91 Å². The highest BCUT2D eigenvalue weighted by atomic mass is 16.4. The molecule has 0 aromatic carbocycles. The molecule has 0 bridgehead atoms. The average molecular weight is 293 g/mol. The summed E-state index contributed by atoms with van der Waals surface area (Å²) in [5, 5.41) is 8.70. The Kier molecular flexibility index (Phi) is 5.01. The molecule has 0 atom stereocenters. The Bertz CT molecular complexity index is 502. The van der Waals surface area contributed by atoms with E-state index in [0.29, 0.717) is 19.6 Å². The fraction of sp³-hybridized carbons (Fsp3) is 0.600. The van der Waals surface area contributed by atoms with E-state index in [-0.39, 0.29) is 18.4 Å². The lowest BCUT2D eigenvalue weighted by molar-refractivity contribution is -0.137. The maximum absolute atomic E-state index is 12.6. The number of carboxylic acid groups (broad SMARTS) is 1. The molecule has 0 radical (unpaired) electrons. The molecule has 0 unspecified atom stereocenters. The van der Waals surface area contributed by atoms with Crippen molar-refractivity contribution in [3.63, 3.8) is 0 Å². The van der Waals surface area contributed by atoms with Crippen molar-refractivity contribution in [3.8, 4) is 0 Å². The van der Waals surface area contributed by atoms with Crippen LogP contribution >= 0.6 is 0 Å². The number of nitrogens with zero attached hydrogens (tertiary/aromatic N) is 3. The first-order valence-corrected chi connectivity index (χ1v) is 7.39. The van der Waals surface area contributed by atoms with Gasteiger partial charge in [-0.1, -0.05) is 0 Å².